The van der Waals surface area contributed by atoms with Crippen LogP contribution in [-0.2, 0) is 53.1 Å². The molecule has 1 saturated heterocycles. The van der Waals surface area contributed by atoms with Gasteiger partial charge in [0.05, 0.1) is 38.9 Å². The molecule has 8 aliphatic carbocycles. The Hall–Kier alpha value is -6.95. The second-order valence-electron chi connectivity index (χ2n) is 28.8. The highest BCUT2D eigenvalue weighted by molar-refractivity contribution is 7.91. The van der Waals surface area contributed by atoms with E-state index < -0.39 is 90.9 Å². The minimum Gasteiger partial charge on any atom is -0.497 e. The summed E-state index contributed by atoms with van der Waals surface area (Å²) in [5, 5.41) is 43.9. The summed E-state index contributed by atoms with van der Waals surface area (Å²) in [6.07, 6.45) is 15.6. The van der Waals surface area contributed by atoms with Crippen LogP contribution in [-0.4, -0.2) is 116 Å². The number of sulfone groups is 2. The average molecular weight is 1330 g/mol. The molecule has 94 heavy (non-hydrogen) atoms. The number of rotatable bonds is 11. The molecule has 15 atom stereocenters. The Balaban J connectivity index is 0.000000153. The predicted octanol–water partition coefficient (Wildman–Crippen LogP) is 10.2. The SMILES string of the molecule is COc1ccc(S(=O)(=O)c2ccc(NC(=O)OC(C)(C)C)cc2)cc1.C[C@]12C=CC(=O)C=C1CC[C@@H]1[C@@H]2CC[C@@]2(C)[C@H]1C[C@@H](O)[C@]2(O)C(=O)CO.C[C@]12C=CC(=O)C=C1CC[C@@H]1[C@@H]2CC[C@@]2(C)[C@H]1C[C@H]1O[C@@H](c3ccc(S(=O)(=O)c4ccc(N)cc4)cc3)O[C@]12C(=O)CO. The number of methoxy groups -OCH3 is 1. The number of allylic oxidation sites excluding steroid dienone is 8. The Morgan fingerprint density at radius 2 is 1.10 bits per heavy atom. The number of amides is 1. The Labute approximate surface area is 549 Å². The minimum atomic E-state index is -3.75. The molecule has 1 aliphatic heterocycles. The van der Waals surface area contributed by atoms with Crippen molar-refractivity contribution in [2.24, 2.45) is 57.2 Å². The average Bonchev–Trinajstić information content (AvgIpc) is 1.50. The molecule has 13 rings (SSSR count). The lowest BCUT2D eigenvalue weighted by molar-refractivity contribution is -0.186. The summed E-state index contributed by atoms with van der Waals surface area (Å²) >= 11 is 0. The molecule has 19 nitrogen and oxygen atoms in total. The van der Waals surface area contributed by atoms with Crippen molar-refractivity contribution in [1.82, 2.24) is 0 Å². The van der Waals surface area contributed by atoms with Crippen molar-refractivity contribution in [3.05, 3.63) is 150 Å². The molecule has 0 radical (unpaired) electrons. The van der Waals surface area contributed by atoms with Crippen molar-refractivity contribution >= 4 is 60.3 Å². The van der Waals surface area contributed by atoms with Crippen LogP contribution in [0.25, 0.3) is 0 Å². The zero-order valence-corrected chi connectivity index (χ0v) is 56.0. The molecule has 4 aromatic rings. The van der Waals surface area contributed by atoms with Crippen molar-refractivity contribution < 1.29 is 80.2 Å². The highest BCUT2D eigenvalue weighted by Gasteiger charge is 2.75. The Kier molecular flexibility index (Phi) is 18.1. The number of ketones is 4. The van der Waals surface area contributed by atoms with Gasteiger partial charge in [-0.05, 0) is 230 Å². The summed E-state index contributed by atoms with van der Waals surface area (Å²) in [5.74, 6) is 1.14. The van der Waals surface area contributed by atoms with Crippen molar-refractivity contribution in [1.29, 1.82) is 0 Å². The number of nitrogens with two attached hydrogens (primary N) is 1. The van der Waals surface area contributed by atoms with Crippen LogP contribution >= 0.6 is 0 Å². The third-order valence-corrected chi connectivity index (χ3v) is 26.6. The molecule has 0 spiro atoms. The first-order valence-corrected chi connectivity index (χ1v) is 35.3. The molecule has 7 N–H and O–H groups in total. The van der Waals surface area contributed by atoms with Crippen LogP contribution in [0.1, 0.15) is 125 Å². The van der Waals surface area contributed by atoms with E-state index >= 15 is 0 Å². The Bertz CT molecular complexity index is 4010. The van der Waals surface area contributed by atoms with Gasteiger partial charge in [-0.25, -0.2) is 21.6 Å². The minimum absolute atomic E-state index is 0.0288. The lowest BCUT2D eigenvalue weighted by atomic mass is 9.47. The van der Waals surface area contributed by atoms with Crippen LogP contribution in [0.3, 0.4) is 0 Å². The van der Waals surface area contributed by atoms with E-state index in [1.807, 2.05) is 19.1 Å². The number of hydrogen-bond donors (Lipinski definition) is 6. The summed E-state index contributed by atoms with van der Waals surface area (Å²) in [6.45, 7) is 12.4. The topological polar surface area (TPSA) is 310 Å². The summed E-state index contributed by atoms with van der Waals surface area (Å²) in [7, 11) is -5.87. The van der Waals surface area contributed by atoms with E-state index in [1.165, 1.54) is 78.9 Å². The maximum absolute atomic E-state index is 13.7. The maximum atomic E-state index is 13.7. The molecule has 502 valence electrons. The fourth-order valence-electron chi connectivity index (χ4n) is 18.2. The number of carbonyl (C=O) groups excluding carboxylic acids is 5. The van der Waals surface area contributed by atoms with Gasteiger partial charge in [-0.3, -0.25) is 24.5 Å². The molecular weight excluding hydrogens is 1240 g/mol. The summed E-state index contributed by atoms with van der Waals surface area (Å²) < 4.78 is 74.9. The quantitative estimate of drug-likeness (QED) is 0.0761. The second-order valence-corrected chi connectivity index (χ2v) is 32.7. The normalized spacial score (nSPS) is 34.3. The molecule has 6 saturated carbocycles. The summed E-state index contributed by atoms with van der Waals surface area (Å²) in [6, 6.07) is 24.5. The van der Waals surface area contributed by atoms with Crippen LogP contribution in [0.2, 0.25) is 0 Å². The van der Waals surface area contributed by atoms with Crippen molar-refractivity contribution in [2.75, 3.05) is 31.4 Å². The number of anilines is 2. The largest absolute Gasteiger partial charge is 0.497 e. The number of benzene rings is 4. The highest BCUT2D eigenvalue weighted by atomic mass is 32.2. The number of ether oxygens (including phenoxy) is 4. The van der Waals surface area contributed by atoms with E-state index in [1.54, 1.807) is 75.4 Å². The van der Waals surface area contributed by atoms with Gasteiger partial charge in [0.25, 0.3) is 0 Å². The number of hydrogen-bond acceptors (Lipinski definition) is 18. The molecule has 1 amide bonds. The van der Waals surface area contributed by atoms with Gasteiger partial charge in [-0.1, -0.05) is 63.1 Å². The van der Waals surface area contributed by atoms with Crippen LogP contribution in [0.5, 0.6) is 5.75 Å². The number of Topliss-reactive ketones (excluding diaryl/α,β-unsaturated/α-hetero) is 2. The third kappa shape index (κ3) is 11.5. The maximum Gasteiger partial charge on any atom is 0.412 e. The molecular formula is C73H86N2O17S2. The van der Waals surface area contributed by atoms with Gasteiger partial charge in [0, 0.05) is 38.6 Å². The molecule has 0 unspecified atom stereocenters. The second kappa shape index (κ2) is 24.9. The smallest absolute Gasteiger partial charge is 0.412 e. The standard InChI is InChI=1S/C34H37NO7S.C21H28O5.C18H21NO5S/c1-32-15-13-23(37)17-21(32)5-12-26-27(32)14-16-33(2)28(26)18-30-34(33,29(38)19-36)42-31(41-30)20-3-8-24(9-4-20)43(39,40)25-10-6-22(35)7-11-25;1-19-7-5-13(23)9-12(19)3-4-14-15(19)6-8-20(2)16(14)10-17(24)21(20,26)18(25)11-22;1-18(2,3)24-17(20)19-13-5-9-15(10-6-13)25(21,22)16-11-7-14(23-4)8-12-16/h3-4,6-11,13,15,17,26-28,30-31,36H,5,12,14,16,18-19,35H2,1-2H3;5,7,9,14-17,22,24,26H,3-4,6,8,10-11H2,1-2H3;5-12H,1-4H3,(H,19,20)/t26-,27+,28+,30-,31-,32+,33+,34-;14-,15+,16+,17-,19+,20+,21+;/m11./s1. The number of aliphatic hydroxyl groups is 4. The monoisotopic (exact) mass is 1330 g/mol. The van der Waals surface area contributed by atoms with E-state index in [9.17, 15) is 61.2 Å². The lowest BCUT2D eigenvalue weighted by Crippen LogP contribution is -2.61. The van der Waals surface area contributed by atoms with Gasteiger partial charge >= 0.3 is 6.09 Å². The van der Waals surface area contributed by atoms with E-state index in [0.717, 1.165) is 44.9 Å². The predicted molar refractivity (Wildman–Crippen MR) is 348 cm³/mol. The number of fused-ring (bicyclic) bond motifs is 12. The van der Waals surface area contributed by atoms with Gasteiger partial charge in [-0.2, -0.15) is 0 Å². The first-order valence-electron chi connectivity index (χ1n) is 32.3. The fraction of sp³-hybridized carbons (Fsp3) is 0.493. The molecule has 9 aliphatic rings. The Morgan fingerprint density at radius 1 is 0.638 bits per heavy atom. The zero-order valence-electron chi connectivity index (χ0n) is 54.4. The number of nitrogens with one attached hydrogen (secondary N) is 1. The van der Waals surface area contributed by atoms with Crippen molar-refractivity contribution in [2.45, 2.75) is 168 Å². The molecule has 4 aromatic carbocycles. The first-order chi connectivity index (χ1) is 44.2. The third-order valence-electron chi connectivity index (χ3n) is 23.0. The number of nitrogen functional groups attached to an aromatic ring is 1. The number of aliphatic hydroxyl groups excluding tert-OH is 3. The number of carbonyl (C=O) groups is 5. The summed E-state index contributed by atoms with van der Waals surface area (Å²) in [5.41, 5.74) is 4.27. The van der Waals surface area contributed by atoms with Gasteiger partial charge in [-0.15, -0.1) is 0 Å². The fourth-order valence-corrected chi connectivity index (χ4v) is 20.7. The zero-order chi connectivity index (χ0) is 67.9. The summed E-state index contributed by atoms with van der Waals surface area (Å²) in [4.78, 5) is 62.3. The molecule has 0 bridgehead atoms. The van der Waals surface area contributed by atoms with Gasteiger partial charge < -0.3 is 45.1 Å². The van der Waals surface area contributed by atoms with Crippen LogP contribution in [0, 0.1) is 57.2 Å². The first kappa shape index (κ1) is 68.4. The van der Waals surface area contributed by atoms with Gasteiger partial charge in [0.15, 0.2) is 40.6 Å². The van der Waals surface area contributed by atoms with Gasteiger partial charge in [0.1, 0.15) is 24.6 Å². The molecule has 21 heteroatoms. The van der Waals surface area contributed by atoms with E-state index in [2.05, 4.69) is 32.2 Å². The van der Waals surface area contributed by atoms with E-state index in [4.69, 9.17) is 24.7 Å². The Morgan fingerprint density at radius 3 is 1.57 bits per heavy atom. The highest BCUT2D eigenvalue weighted by Crippen LogP contribution is 2.71. The van der Waals surface area contributed by atoms with Crippen LogP contribution in [0.4, 0.5) is 16.2 Å². The van der Waals surface area contributed by atoms with Crippen LogP contribution < -0.4 is 15.8 Å². The van der Waals surface area contributed by atoms with Gasteiger partial charge in [0.2, 0.25) is 19.7 Å². The molecule has 1 heterocycles. The van der Waals surface area contributed by atoms with Crippen LogP contribution in [0.15, 0.2) is 164 Å². The molecule has 7 fully saturated rings. The van der Waals surface area contributed by atoms with Crippen molar-refractivity contribution in [3.8, 4) is 5.75 Å². The lowest BCUT2D eigenvalue weighted by Gasteiger charge is -2.58. The van der Waals surface area contributed by atoms with Crippen molar-refractivity contribution in [3.63, 3.8) is 0 Å². The van der Waals surface area contributed by atoms with E-state index in [0.29, 0.717) is 59.7 Å². The molecule has 0 aromatic heterocycles. The van der Waals surface area contributed by atoms with E-state index in [-0.39, 0.29) is 65.5 Å².